The highest BCUT2D eigenvalue weighted by Crippen LogP contribution is 2.21. The highest BCUT2D eigenvalue weighted by Gasteiger charge is 2.05. The number of nitrogens with one attached hydrogen (secondary N) is 1. The molecule has 0 saturated heterocycles. The zero-order valence-corrected chi connectivity index (χ0v) is 14.1. The van der Waals surface area contributed by atoms with Gasteiger partial charge in [0.2, 0.25) is 0 Å². The van der Waals surface area contributed by atoms with Gasteiger partial charge in [-0.05, 0) is 66.1 Å². The van der Waals surface area contributed by atoms with E-state index in [1.165, 1.54) is 5.56 Å². The first kappa shape index (κ1) is 15.8. The molecular weight excluding hydrogens is 320 g/mol. The summed E-state index contributed by atoms with van der Waals surface area (Å²) in [4.78, 5) is 4.30. The lowest BCUT2D eigenvalue weighted by Gasteiger charge is -2.03. The molecule has 0 saturated carbocycles. The molecule has 4 aromatic rings. The van der Waals surface area contributed by atoms with Gasteiger partial charge in [0.1, 0.15) is 0 Å². The number of H-pyrrole nitrogens is 1. The van der Waals surface area contributed by atoms with Crippen LogP contribution in [0.4, 0.5) is 0 Å². The molecule has 2 heterocycles. The van der Waals surface area contributed by atoms with Crippen LogP contribution in [0.25, 0.3) is 23.1 Å². The van der Waals surface area contributed by atoms with Crippen molar-refractivity contribution in [3.8, 4) is 6.07 Å². The Labute approximate surface area is 151 Å². The molecule has 2 aromatic heterocycles. The Hall–Kier alpha value is -3.71. The summed E-state index contributed by atoms with van der Waals surface area (Å²) < 4.78 is 0. The number of nitrogens with zero attached hydrogens (tertiary/aromatic N) is 3. The van der Waals surface area contributed by atoms with Gasteiger partial charge in [-0.2, -0.15) is 10.4 Å². The summed E-state index contributed by atoms with van der Waals surface area (Å²) in [5.74, 6) is 0. The Morgan fingerprint density at radius 3 is 2.73 bits per heavy atom. The number of rotatable bonds is 4. The van der Waals surface area contributed by atoms with Gasteiger partial charge in [0.05, 0.1) is 28.5 Å². The first-order chi connectivity index (χ1) is 12.8. The summed E-state index contributed by atoms with van der Waals surface area (Å²) in [5, 5.41) is 17.6. The van der Waals surface area contributed by atoms with E-state index < -0.39 is 0 Å². The average Bonchev–Trinajstić information content (AvgIpc) is 3.09. The van der Waals surface area contributed by atoms with Crippen LogP contribution in [0.15, 0.2) is 66.9 Å². The van der Waals surface area contributed by atoms with Crippen LogP contribution in [0.5, 0.6) is 0 Å². The van der Waals surface area contributed by atoms with Crippen LogP contribution in [0, 0.1) is 11.3 Å². The molecule has 2 aromatic carbocycles. The molecule has 0 unspecified atom stereocenters. The third-order valence-corrected chi connectivity index (χ3v) is 4.22. The molecule has 0 spiro atoms. The van der Waals surface area contributed by atoms with E-state index in [0.29, 0.717) is 5.56 Å². The fourth-order valence-electron chi connectivity index (χ4n) is 2.94. The minimum atomic E-state index is 0.686. The number of benzene rings is 2. The largest absolute Gasteiger partial charge is 0.277 e. The van der Waals surface area contributed by atoms with Crippen LogP contribution >= 0.6 is 0 Å². The number of fused-ring (bicyclic) bond motifs is 1. The summed E-state index contributed by atoms with van der Waals surface area (Å²) >= 11 is 0. The molecule has 0 bridgehead atoms. The highest BCUT2D eigenvalue weighted by molar-refractivity contribution is 5.89. The summed E-state index contributed by atoms with van der Waals surface area (Å²) in [7, 11) is 0. The molecule has 0 radical (unpaired) electrons. The molecule has 0 amide bonds. The van der Waals surface area contributed by atoms with Gasteiger partial charge >= 0.3 is 0 Å². The van der Waals surface area contributed by atoms with Gasteiger partial charge in [-0.25, -0.2) is 0 Å². The maximum Gasteiger partial charge on any atom is 0.0991 e. The number of aromatic amines is 1. The second kappa shape index (κ2) is 7.04. The molecule has 1 N–H and O–H groups in total. The second-order valence-electron chi connectivity index (χ2n) is 6.07. The first-order valence-corrected chi connectivity index (χ1v) is 8.37. The number of aromatic nitrogens is 3. The third-order valence-electron chi connectivity index (χ3n) is 4.22. The molecule has 0 aliphatic heterocycles. The zero-order valence-electron chi connectivity index (χ0n) is 14.1. The average molecular weight is 336 g/mol. The number of hydrogen-bond acceptors (Lipinski definition) is 3. The molecule has 4 nitrogen and oxygen atoms in total. The summed E-state index contributed by atoms with van der Waals surface area (Å²) in [6.07, 6.45) is 6.48. The Morgan fingerprint density at radius 2 is 1.88 bits per heavy atom. The predicted octanol–water partition coefficient (Wildman–Crippen LogP) is 4.59. The maximum atomic E-state index is 9.06. The lowest BCUT2D eigenvalue weighted by atomic mass is 10.0. The standard InChI is InChI=1S/C22H16N4/c23-15-18-5-3-4-16(13-18)12-17-7-9-21-20(14-17)22(26-25-21)10-8-19-6-1-2-11-24-19/h1-11,13-14H,12H2,(H,25,26)/b10-8+. The van der Waals surface area contributed by atoms with Crippen LogP contribution in [-0.4, -0.2) is 15.2 Å². The fraction of sp³-hybridized carbons (Fsp3) is 0.0455. The van der Waals surface area contributed by atoms with E-state index in [9.17, 15) is 0 Å². The van der Waals surface area contributed by atoms with E-state index in [0.717, 1.165) is 34.3 Å². The summed E-state index contributed by atoms with van der Waals surface area (Å²) in [5.41, 5.74) is 5.77. The SMILES string of the molecule is N#Cc1cccc(Cc2ccc3[nH]nc(/C=C/c4ccccn4)c3c2)c1. The van der Waals surface area contributed by atoms with Crippen molar-refractivity contribution in [2.45, 2.75) is 6.42 Å². The normalized spacial score (nSPS) is 11.0. The molecule has 124 valence electrons. The monoisotopic (exact) mass is 336 g/mol. The first-order valence-electron chi connectivity index (χ1n) is 8.37. The summed E-state index contributed by atoms with van der Waals surface area (Å²) in [6.45, 7) is 0. The lowest BCUT2D eigenvalue weighted by molar-refractivity contribution is 1.11. The smallest absolute Gasteiger partial charge is 0.0991 e. The maximum absolute atomic E-state index is 9.06. The zero-order chi connectivity index (χ0) is 17.8. The van der Waals surface area contributed by atoms with Crippen LogP contribution in [0.3, 0.4) is 0 Å². The van der Waals surface area contributed by atoms with E-state index in [1.54, 1.807) is 6.20 Å². The molecular formula is C22H16N4. The molecule has 0 aliphatic rings. The van der Waals surface area contributed by atoms with Gasteiger partial charge in [0, 0.05) is 11.6 Å². The van der Waals surface area contributed by atoms with Gasteiger partial charge in [-0.3, -0.25) is 10.1 Å². The van der Waals surface area contributed by atoms with Gasteiger partial charge in [0.15, 0.2) is 0 Å². The molecule has 0 fully saturated rings. The Morgan fingerprint density at radius 1 is 0.962 bits per heavy atom. The van der Waals surface area contributed by atoms with E-state index in [2.05, 4.69) is 33.4 Å². The van der Waals surface area contributed by atoms with Crippen LogP contribution in [0.2, 0.25) is 0 Å². The highest BCUT2D eigenvalue weighted by atomic mass is 15.1. The topological polar surface area (TPSA) is 65.4 Å². The molecule has 4 rings (SSSR count). The number of pyridine rings is 1. The molecule has 0 aliphatic carbocycles. The van der Waals surface area contributed by atoms with E-state index in [1.807, 2.05) is 60.7 Å². The van der Waals surface area contributed by atoms with E-state index >= 15 is 0 Å². The lowest BCUT2D eigenvalue weighted by Crippen LogP contribution is -1.89. The molecule has 26 heavy (non-hydrogen) atoms. The van der Waals surface area contributed by atoms with Crippen LogP contribution in [0.1, 0.15) is 28.1 Å². The van der Waals surface area contributed by atoms with Gasteiger partial charge in [-0.1, -0.05) is 24.3 Å². The van der Waals surface area contributed by atoms with Crippen LogP contribution in [-0.2, 0) is 6.42 Å². The quantitative estimate of drug-likeness (QED) is 0.593. The van der Waals surface area contributed by atoms with Crippen molar-refractivity contribution in [2.24, 2.45) is 0 Å². The molecule has 4 heteroatoms. The van der Waals surface area contributed by atoms with E-state index in [-0.39, 0.29) is 0 Å². The van der Waals surface area contributed by atoms with Gasteiger partial charge in [0.25, 0.3) is 0 Å². The molecule has 0 atom stereocenters. The van der Waals surface area contributed by atoms with E-state index in [4.69, 9.17) is 5.26 Å². The third kappa shape index (κ3) is 3.38. The van der Waals surface area contributed by atoms with Gasteiger partial charge < -0.3 is 0 Å². The Bertz CT molecular complexity index is 1120. The van der Waals surface area contributed by atoms with Crippen molar-refractivity contribution in [1.82, 2.24) is 15.2 Å². The second-order valence-corrected chi connectivity index (χ2v) is 6.07. The van der Waals surface area contributed by atoms with Crippen LogP contribution < -0.4 is 0 Å². The van der Waals surface area contributed by atoms with Crippen molar-refractivity contribution in [1.29, 1.82) is 5.26 Å². The number of nitriles is 1. The minimum Gasteiger partial charge on any atom is -0.277 e. The van der Waals surface area contributed by atoms with Crippen molar-refractivity contribution in [3.05, 3.63) is 94.9 Å². The Kier molecular flexibility index (Phi) is 4.28. The number of hydrogen-bond donors (Lipinski definition) is 1. The Balaban J connectivity index is 1.64. The van der Waals surface area contributed by atoms with Crippen molar-refractivity contribution < 1.29 is 0 Å². The van der Waals surface area contributed by atoms with Gasteiger partial charge in [-0.15, -0.1) is 0 Å². The van der Waals surface area contributed by atoms with Crippen molar-refractivity contribution in [2.75, 3.05) is 0 Å². The predicted molar refractivity (Wildman–Crippen MR) is 103 cm³/mol. The van der Waals surface area contributed by atoms with Crippen molar-refractivity contribution >= 4 is 23.1 Å². The fourth-order valence-corrected chi connectivity index (χ4v) is 2.94. The minimum absolute atomic E-state index is 0.686. The van der Waals surface area contributed by atoms with Crippen molar-refractivity contribution in [3.63, 3.8) is 0 Å². The summed E-state index contributed by atoms with van der Waals surface area (Å²) in [6, 6.07) is 22.0.